The molecule has 336 valence electrons. The molecule has 2 saturated carbocycles. The Labute approximate surface area is 389 Å². The van der Waals surface area contributed by atoms with E-state index in [2.05, 4.69) is 19.4 Å². The van der Waals surface area contributed by atoms with Crippen LogP contribution < -0.4 is 19.3 Å². The molecule has 2 aliphatic heterocycles. The highest BCUT2D eigenvalue weighted by Crippen LogP contribution is 2.70. The van der Waals surface area contributed by atoms with Gasteiger partial charge in [0.25, 0.3) is 0 Å². The highest BCUT2D eigenvalue weighted by atomic mass is 35.5. The fraction of sp³-hybridized carbons (Fsp3) is 0.174. The van der Waals surface area contributed by atoms with Gasteiger partial charge in [0, 0.05) is 55.7 Å². The average Bonchev–Trinajstić information content (AvgIpc) is 4.09. The van der Waals surface area contributed by atoms with Crippen molar-refractivity contribution >= 4 is 81.4 Å². The van der Waals surface area contributed by atoms with Crippen molar-refractivity contribution in [2.24, 2.45) is 23.7 Å². The summed E-state index contributed by atoms with van der Waals surface area (Å²) in [6.07, 6.45) is -3.51. The fourth-order valence-corrected chi connectivity index (χ4v) is 10.7. The van der Waals surface area contributed by atoms with Crippen molar-refractivity contribution in [3.8, 4) is 11.5 Å². The van der Waals surface area contributed by atoms with Crippen molar-refractivity contribution in [3.63, 3.8) is 0 Å². The van der Waals surface area contributed by atoms with Crippen LogP contribution in [-0.4, -0.2) is 46.3 Å². The molecule has 0 N–H and O–H groups in total. The van der Waals surface area contributed by atoms with Crippen molar-refractivity contribution in [3.05, 3.63) is 176 Å². The Morgan fingerprint density at radius 1 is 0.424 bits per heavy atom. The first-order chi connectivity index (χ1) is 31.2. The van der Waals surface area contributed by atoms with Crippen molar-refractivity contribution in [2.45, 2.75) is 23.6 Å². The Balaban J connectivity index is 0.000000166. The topological polar surface area (TPSA) is 119 Å². The summed E-state index contributed by atoms with van der Waals surface area (Å²) < 4.78 is 83.3. The molecule has 4 aromatic carbocycles. The average molecular weight is 987 g/mol. The molecular weight excluding hydrogens is 960 g/mol. The number of benzene rings is 4. The van der Waals surface area contributed by atoms with Crippen molar-refractivity contribution < 1.29 is 55.0 Å². The van der Waals surface area contributed by atoms with Crippen molar-refractivity contribution in [1.29, 1.82) is 0 Å². The van der Waals surface area contributed by atoms with Crippen LogP contribution in [0.4, 0.5) is 37.7 Å². The first kappa shape index (κ1) is 45.0. The quantitative estimate of drug-likeness (QED) is 0.109. The van der Waals surface area contributed by atoms with E-state index in [0.717, 1.165) is 9.80 Å². The predicted molar refractivity (Wildman–Crippen MR) is 228 cm³/mol. The number of carbonyl (C=O) groups excluding carboxylic acids is 4. The van der Waals surface area contributed by atoms with Gasteiger partial charge in [-0.2, -0.15) is 0 Å². The lowest BCUT2D eigenvalue weighted by Crippen LogP contribution is -2.39. The Bertz CT molecular complexity index is 2650. The zero-order valence-electron chi connectivity index (χ0n) is 33.0. The molecule has 6 aromatic rings. The number of piperidine rings is 2. The third kappa shape index (κ3) is 7.68. The monoisotopic (exact) mass is 984 g/mol. The number of halogens is 10. The summed E-state index contributed by atoms with van der Waals surface area (Å²) in [6, 6.07) is 26.1. The van der Waals surface area contributed by atoms with E-state index in [0.29, 0.717) is 22.3 Å². The summed E-state index contributed by atoms with van der Waals surface area (Å²) >= 11 is 24.2. The van der Waals surface area contributed by atoms with Gasteiger partial charge >= 0.3 is 12.7 Å². The van der Waals surface area contributed by atoms with Crippen molar-refractivity contribution in [1.82, 2.24) is 9.97 Å². The molecule has 2 aromatic heterocycles. The Morgan fingerprint density at radius 3 is 0.939 bits per heavy atom. The van der Waals surface area contributed by atoms with Crippen LogP contribution in [0.5, 0.6) is 11.5 Å². The summed E-state index contributed by atoms with van der Waals surface area (Å²) in [5.41, 5.74) is 0.899. The van der Waals surface area contributed by atoms with E-state index in [1.54, 1.807) is 24.3 Å². The van der Waals surface area contributed by atoms with E-state index < -0.39 is 82.4 Å². The molecule has 0 bridgehead atoms. The van der Waals surface area contributed by atoms with Gasteiger partial charge < -0.3 is 9.47 Å². The van der Waals surface area contributed by atoms with Gasteiger partial charge in [-0.25, -0.2) is 9.80 Å². The molecule has 10 rings (SSSR count). The fourth-order valence-electron chi connectivity index (χ4n) is 9.63. The van der Waals surface area contributed by atoms with Gasteiger partial charge in [0.1, 0.15) is 11.5 Å². The summed E-state index contributed by atoms with van der Waals surface area (Å²) in [5.74, 6) is -5.47. The molecule has 10 nitrogen and oxygen atoms in total. The lowest BCUT2D eigenvalue weighted by Gasteiger charge is -2.27. The highest BCUT2D eigenvalue weighted by Gasteiger charge is 2.79. The molecule has 4 fully saturated rings. The van der Waals surface area contributed by atoms with Gasteiger partial charge in [0.05, 0.1) is 35.0 Å². The van der Waals surface area contributed by atoms with Gasteiger partial charge in [-0.15, -0.1) is 26.3 Å². The number of hydrogen-bond acceptors (Lipinski definition) is 8. The van der Waals surface area contributed by atoms with Gasteiger partial charge in [0.2, 0.25) is 23.6 Å². The number of nitrogens with zero attached hydrogens (tertiary/aromatic N) is 4. The summed E-state index contributed by atoms with van der Waals surface area (Å²) in [7, 11) is 0. The van der Waals surface area contributed by atoms with E-state index in [4.69, 9.17) is 46.4 Å². The summed E-state index contributed by atoms with van der Waals surface area (Å²) in [5, 5.41) is 1.11. The first-order valence-corrected chi connectivity index (χ1v) is 21.0. The second-order valence-corrected chi connectivity index (χ2v) is 17.3. The number of anilines is 2. The second kappa shape index (κ2) is 16.3. The molecule has 2 unspecified atom stereocenters. The number of ether oxygens (including phenoxy) is 2. The maximum absolute atomic E-state index is 13.4. The highest BCUT2D eigenvalue weighted by molar-refractivity contribution is 6.37. The van der Waals surface area contributed by atoms with E-state index in [9.17, 15) is 45.5 Å². The molecule has 2 aliphatic carbocycles. The molecule has 2 saturated heterocycles. The van der Waals surface area contributed by atoms with Gasteiger partial charge in [-0.1, -0.05) is 70.7 Å². The Hall–Kier alpha value is -6.20. The van der Waals surface area contributed by atoms with Crippen LogP contribution in [0.25, 0.3) is 0 Å². The number of imide groups is 2. The maximum Gasteiger partial charge on any atom is 0.573 e. The SMILES string of the molecule is O=C1[C@@H]2[C@H](C(=O)N1c1cc(Cl)cc(Cl)c1)C2(c1ccncc1)c1ccc(OC(F)(F)F)cc1.O=C1[C@@H]2[C@H](C(=O)N1c1cc(Cl)cc(Cl)c1)C2(c1ccncc1)c1ccc(OC(F)(F)F)cc1. The van der Waals surface area contributed by atoms with E-state index >= 15 is 0 Å². The minimum atomic E-state index is -4.83. The second-order valence-electron chi connectivity index (χ2n) is 15.5. The largest absolute Gasteiger partial charge is 0.573 e. The van der Waals surface area contributed by atoms with Crippen LogP contribution in [0.3, 0.4) is 0 Å². The number of fused-ring (bicyclic) bond motifs is 2. The lowest BCUT2D eigenvalue weighted by atomic mass is 9.83. The zero-order chi connectivity index (χ0) is 47.1. The van der Waals surface area contributed by atoms with Crippen LogP contribution >= 0.6 is 46.4 Å². The number of alkyl halides is 6. The summed E-state index contributed by atoms with van der Waals surface area (Å²) in [4.78, 5) is 63.8. The molecule has 0 radical (unpaired) electrons. The smallest absolute Gasteiger partial charge is 0.406 e. The normalized spacial score (nSPS) is 24.1. The van der Waals surface area contributed by atoms with E-state index in [1.165, 1.54) is 110 Å². The number of carbonyl (C=O) groups is 4. The standard InChI is InChI=1S/2C23H13Cl2F3N2O3/c2*24-14-9-15(25)11-16(10-14)30-20(31)18-19(21(30)32)22(18,13-5-7-29-8-6-13)12-1-3-17(4-2-12)33-23(26,27)28/h2*1-11,18-19H/t2*18-,19+,22?. The third-order valence-electron chi connectivity index (χ3n) is 12.0. The number of pyridine rings is 2. The molecule has 66 heavy (non-hydrogen) atoms. The molecular formula is C46H26Cl4F6N4O6. The molecule has 4 aliphatic rings. The molecule has 4 heterocycles. The Morgan fingerprint density at radius 2 is 0.682 bits per heavy atom. The van der Waals surface area contributed by atoms with Gasteiger partial charge in [-0.05, 0) is 107 Å². The minimum Gasteiger partial charge on any atom is -0.406 e. The predicted octanol–water partition coefficient (Wildman–Crippen LogP) is 10.8. The van der Waals surface area contributed by atoms with Crippen LogP contribution in [0.2, 0.25) is 20.1 Å². The number of amides is 4. The zero-order valence-corrected chi connectivity index (χ0v) is 36.1. The third-order valence-corrected chi connectivity index (χ3v) is 12.9. The molecule has 0 spiro atoms. The maximum atomic E-state index is 13.4. The molecule has 6 atom stereocenters. The van der Waals surface area contributed by atoms with Crippen LogP contribution in [0, 0.1) is 23.7 Å². The van der Waals surface area contributed by atoms with Crippen LogP contribution in [0.1, 0.15) is 22.3 Å². The minimum absolute atomic E-state index is 0.271. The lowest BCUT2D eigenvalue weighted by molar-refractivity contribution is -0.275. The van der Waals surface area contributed by atoms with Crippen LogP contribution in [-0.2, 0) is 30.0 Å². The van der Waals surface area contributed by atoms with Crippen molar-refractivity contribution in [2.75, 3.05) is 9.80 Å². The van der Waals surface area contributed by atoms with Gasteiger partial charge in [-0.3, -0.25) is 29.1 Å². The number of rotatable bonds is 8. The summed E-state index contributed by atoms with van der Waals surface area (Å²) in [6.45, 7) is 0. The first-order valence-electron chi connectivity index (χ1n) is 19.5. The van der Waals surface area contributed by atoms with E-state index in [1.807, 2.05) is 0 Å². The Kier molecular flexibility index (Phi) is 11.1. The molecule has 20 heteroatoms. The van der Waals surface area contributed by atoms with E-state index in [-0.39, 0.29) is 31.5 Å². The number of hydrogen-bond donors (Lipinski definition) is 0. The number of aromatic nitrogens is 2. The molecule has 4 amide bonds. The van der Waals surface area contributed by atoms with Gasteiger partial charge in [0.15, 0.2) is 0 Å². The van der Waals surface area contributed by atoms with Crippen LogP contribution in [0.15, 0.2) is 134 Å².